The van der Waals surface area contributed by atoms with E-state index in [1.165, 1.54) is 16.7 Å². The molecule has 20 heavy (non-hydrogen) atoms. The van der Waals surface area contributed by atoms with Crippen LogP contribution in [0.1, 0.15) is 16.7 Å². The van der Waals surface area contributed by atoms with Crippen molar-refractivity contribution in [2.45, 2.75) is 6.42 Å². The van der Waals surface area contributed by atoms with Crippen molar-refractivity contribution in [3.05, 3.63) is 102 Å². The molecule has 0 fully saturated rings. The van der Waals surface area contributed by atoms with E-state index in [4.69, 9.17) is 0 Å². The minimum atomic E-state index is 0. The van der Waals surface area contributed by atoms with Gasteiger partial charge in [-0.25, -0.2) is 24.3 Å². The van der Waals surface area contributed by atoms with Gasteiger partial charge in [0.1, 0.15) is 0 Å². The van der Waals surface area contributed by atoms with Crippen LogP contribution in [0.3, 0.4) is 0 Å². The summed E-state index contributed by atoms with van der Waals surface area (Å²) in [5.74, 6) is 0. The number of benzene rings is 1. The van der Waals surface area contributed by atoms with Crippen LogP contribution in [0.15, 0.2) is 85.4 Å². The second-order valence-electron chi connectivity index (χ2n) is 4.38. The van der Waals surface area contributed by atoms with E-state index >= 15 is 0 Å². The van der Waals surface area contributed by atoms with Gasteiger partial charge in [-0.2, -0.15) is 35.9 Å². The maximum absolute atomic E-state index is 3.74. The van der Waals surface area contributed by atoms with E-state index in [0.29, 0.717) is 0 Å². The molecule has 0 aliphatic rings. The first-order chi connectivity index (χ1) is 9.38. The van der Waals surface area contributed by atoms with Gasteiger partial charge in [-0.05, 0) is 17.5 Å². The van der Waals surface area contributed by atoms with Gasteiger partial charge in [0.15, 0.2) is 0 Å². The molecule has 0 heterocycles. The summed E-state index contributed by atoms with van der Waals surface area (Å²) >= 11 is 0. The van der Waals surface area contributed by atoms with Crippen LogP contribution in [0.4, 0.5) is 0 Å². The first kappa shape index (κ1) is 16.2. The third-order valence-electron chi connectivity index (χ3n) is 2.91. The Bertz CT molecular complexity index is 540. The fourth-order valence-electron chi connectivity index (χ4n) is 1.86. The fourth-order valence-corrected chi connectivity index (χ4v) is 1.86. The molecule has 0 N–H and O–H groups in total. The third-order valence-corrected chi connectivity index (χ3v) is 2.91. The predicted molar refractivity (Wildman–Crippen MR) is 83.4 cm³/mol. The summed E-state index contributed by atoms with van der Waals surface area (Å²) < 4.78 is 0. The van der Waals surface area contributed by atoms with Crippen LogP contribution in [0.25, 0.3) is 6.08 Å². The van der Waals surface area contributed by atoms with E-state index < -0.39 is 0 Å². The van der Waals surface area contributed by atoms with Crippen LogP contribution >= 0.6 is 0 Å². The van der Waals surface area contributed by atoms with Gasteiger partial charge < -0.3 is 0 Å². The summed E-state index contributed by atoms with van der Waals surface area (Å²) in [5.41, 5.74) is 3.90. The van der Waals surface area contributed by atoms with Crippen molar-refractivity contribution in [1.82, 2.24) is 0 Å². The number of rotatable bonds is 3. The average Bonchev–Trinajstić information content (AvgIpc) is 3.15. The Morgan fingerprint density at radius 3 is 2.05 bits per heavy atom. The number of hydrogen-bond donors (Lipinski definition) is 0. The van der Waals surface area contributed by atoms with E-state index in [9.17, 15) is 0 Å². The normalized spacial score (nSPS) is 9.00. The SMILES string of the molecule is C=Cc1ccc(Cc2ccc[cH-]2)cc1.[Fe+2].c1cc[cH-]c1. The van der Waals surface area contributed by atoms with Gasteiger partial charge in [0.25, 0.3) is 0 Å². The van der Waals surface area contributed by atoms with Crippen LogP contribution < -0.4 is 0 Å². The molecule has 0 atom stereocenters. The smallest absolute Gasteiger partial charge is 0.214 e. The molecule has 0 aromatic heterocycles. The molecule has 3 aromatic carbocycles. The molecule has 0 aliphatic carbocycles. The quantitative estimate of drug-likeness (QED) is 0.469. The summed E-state index contributed by atoms with van der Waals surface area (Å²) in [6.45, 7) is 3.74. The van der Waals surface area contributed by atoms with E-state index in [-0.39, 0.29) is 17.1 Å². The van der Waals surface area contributed by atoms with Gasteiger partial charge in [0.2, 0.25) is 0 Å². The summed E-state index contributed by atoms with van der Waals surface area (Å²) in [4.78, 5) is 0. The first-order valence-electron chi connectivity index (χ1n) is 6.47. The van der Waals surface area contributed by atoms with Crippen LogP contribution in [-0.4, -0.2) is 0 Å². The summed E-state index contributed by atoms with van der Waals surface area (Å²) in [5, 5.41) is 0. The minimum Gasteiger partial charge on any atom is -0.214 e. The minimum absolute atomic E-state index is 0. The Kier molecular flexibility index (Phi) is 7.42. The van der Waals surface area contributed by atoms with Gasteiger partial charge in [-0.3, -0.25) is 0 Å². The van der Waals surface area contributed by atoms with Crippen molar-refractivity contribution < 1.29 is 17.1 Å². The molecule has 0 radical (unpaired) electrons. The molecule has 3 rings (SSSR count). The molecule has 102 valence electrons. The van der Waals surface area contributed by atoms with Crippen molar-refractivity contribution in [1.29, 1.82) is 0 Å². The molecule has 0 saturated carbocycles. The fraction of sp³-hybridized carbons (Fsp3) is 0.0526. The van der Waals surface area contributed by atoms with Crippen LogP contribution in [-0.2, 0) is 23.5 Å². The standard InChI is InChI=1S/C14H13.C5H5.Fe/c1-2-12-7-9-14(10-8-12)11-13-5-3-4-6-13;1-2-4-5-3-1;/h2-10H,1,11H2;1-5H;/q2*-1;+2. The van der Waals surface area contributed by atoms with Crippen LogP contribution in [0.5, 0.6) is 0 Å². The maximum atomic E-state index is 3.74. The Labute approximate surface area is 132 Å². The Morgan fingerprint density at radius 1 is 0.900 bits per heavy atom. The Morgan fingerprint density at radius 2 is 1.60 bits per heavy atom. The first-order valence-corrected chi connectivity index (χ1v) is 6.47. The molecule has 1 heteroatoms. The van der Waals surface area contributed by atoms with E-state index in [0.717, 1.165) is 6.42 Å². The van der Waals surface area contributed by atoms with Gasteiger partial charge in [0.05, 0.1) is 0 Å². The monoisotopic (exact) mass is 302 g/mol. The van der Waals surface area contributed by atoms with Crippen molar-refractivity contribution >= 4 is 6.08 Å². The zero-order valence-electron chi connectivity index (χ0n) is 11.4. The van der Waals surface area contributed by atoms with E-state index in [1.807, 2.05) is 36.4 Å². The molecule has 0 spiro atoms. The summed E-state index contributed by atoms with van der Waals surface area (Å²) in [6, 6.07) is 27.0. The van der Waals surface area contributed by atoms with Gasteiger partial charge in [-0.1, -0.05) is 36.9 Å². The average molecular weight is 302 g/mol. The predicted octanol–water partition coefficient (Wildman–Crippen LogP) is 5.04. The zero-order chi connectivity index (χ0) is 13.3. The molecule has 3 aromatic rings. The van der Waals surface area contributed by atoms with E-state index in [1.54, 1.807) is 0 Å². The third kappa shape index (κ3) is 5.44. The van der Waals surface area contributed by atoms with Gasteiger partial charge >= 0.3 is 17.1 Å². The van der Waals surface area contributed by atoms with Gasteiger partial charge in [-0.15, -0.1) is 0 Å². The van der Waals surface area contributed by atoms with Crippen LogP contribution in [0.2, 0.25) is 0 Å². The molecular formula is C19H18Fe. The van der Waals surface area contributed by atoms with Crippen molar-refractivity contribution in [3.63, 3.8) is 0 Å². The molecule has 0 saturated heterocycles. The van der Waals surface area contributed by atoms with Crippen molar-refractivity contribution in [3.8, 4) is 0 Å². The Balaban J connectivity index is 0.000000283. The topological polar surface area (TPSA) is 0 Å². The second kappa shape index (κ2) is 9.14. The largest absolute Gasteiger partial charge is 2.00 e. The second-order valence-corrected chi connectivity index (χ2v) is 4.38. The summed E-state index contributed by atoms with van der Waals surface area (Å²) in [6.07, 6.45) is 2.89. The zero-order valence-corrected chi connectivity index (χ0v) is 12.5. The van der Waals surface area contributed by atoms with E-state index in [2.05, 4.69) is 55.1 Å². The molecule has 0 unspecified atom stereocenters. The van der Waals surface area contributed by atoms with Crippen molar-refractivity contribution in [2.75, 3.05) is 0 Å². The molecule has 0 bridgehead atoms. The Hall–Kier alpha value is -1.82. The number of hydrogen-bond acceptors (Lipinski definition) is 0. The molecular weight excluding hydrogens is 284 g/mol. The molecule has 0 aliphatic heterocycles. The molecule has 0 amide bonds. The van der Waals surface area contributed by atoms with Crippen molar-refractivity contribution in [2.24, 2.45) is 0 Å². The van der Waals surface area contributed by atoms with Crippen LogP contribution in [0, 0.1) is 0 Å². The summed E-state index contributed by atoms with van der Waals surface area (Å²) in [7, 11) is 0. The maximum Gasteiger partial charge on any atom is 2.00 e. The molecule has 0 nitrogen and oxygen atoms in total. The van der Waals surface area contributed by atoms with Gasteiger partial charge in [0, 0.05) is 0 Å².